The molecule has 0 aliphatic rings. The molecule has 0 saturated heterocycles. The zero-order valence-corrected chi connectivity index (χ0v) is 16.2. The molecule has 0 aliphatic carbocycles. The maximum Gasteiger partial charge on any atom is 0.280 e. The second-order valence-electron chi connectivity index (χ2n) is 6.54. The van der Waals surface area contributed by atoms with Crippen LogP contribution in [0.15, 0.2) is 71.8 Å². The molecule has 0 aliphatic heterocycles. The van der Waals surface area contributed by atoms with Gasteiger partial charge in [0.25, 0.3) is 11.5 Å². The Morgan fingerprint density at radius 2 is 1.79 bits per heavy atom. The predicted molar refractivity (Wildman–Crippen MR) is 113 cm³/mol. The predicted octanol–water partition coefficient (Wildman–Crippen LogP) is 3.49. The molecule has 142 valence electrons. The van der Waals surface area contributed by atoms with Gasteiger partial charge in [-0.3, -0.25) is 15.0 Å². The highest BCUT2D eigenvalue weighted by molar-refractivity contribution is 7.20. The summed E-state index contributed by atoms with van der Waals surface area (Å²) >= 11 is 1.33. The third-order valence-corrected chi connectivity index (χ3v) is 5.77. The first-order chi connectivity index (χ1) is 14.1. The molecule has 3 heterocycles. The van der Waals surface area contributed by atoms with E-state index in [-0.39, 0.29) is 11.5 Å². The fraction of sp³-hybridized carbons (Fsp3) is 0.0476. The Kier molecular flexibility index (Phi) is 3.99. The number of rotatable bonds is 3. The summed E-state index contributed by atoms with van der Waals surface area (Å²) in [7, 11) is 0. The standard InChI is InChI=1S/C21H15N5O2S/c1-13-16-11-18(29-21(16)26(23-13)14-7-3-2-4-8-14)19(27)24-25-12-22-17-10-6-5-9-15(17)20(25)28/h2-12H,1H3,(H,24,27). The Hall–Kier alpha value is -3.78. The van der Waals surface area contributed by atoms with Crippen LogP contribution in [0.5, 0.6) is 0 Å². The summed E-state index contributed by atoms with van der Waals surface area (Å²) in [6, 6.07) is 18.6. The number of benzene rings is 2. The summed E-state index contributed by atoms with van der Waals surface area (Å²) in [6.07, 6.45) is 1.33. The molecule has 0 saturated carbocycles. The molecule has 0 fully saturated rings. The van der Waals surface area contributed by atoms with Crippen molar-refractivity contribution in [1.82, 2.24) is 19.4 Å². The summed E-state index contributed by atoms with van der Waals surface area (Å²) in [4.78, 5) is 31.0. The highest BCUT2D eigenvalue weighted by Crippen LogP contribution is 2.30. The molecule has 0 bridgehead atoms. The number of carbonyl (C=O) groups is 1. The first kappa shape index (κ1) is 17.3. The average Bonchev–Trinajstić information content (AvgIpc) is 3.32. The number of nitrogens with one attached hydrogen (secondary N) is 1. The number of thiophene rings is 1. The van der Waals surface area contributed by atoms with Crippen molar-refractivity contribution in [3.63, 3.8) is 0 Å². The van der Waals surface area contributed by atoms with Gasteiger partial charge in [0.2, 0.25) is 0 Å². The number of hydrogen-bond donors (Lipinski definition) is 1. The average molecular weight is 401 g/mol. The minimum atomic E-state index is -0.371. The van der Waals surface area contributed by atoms with Crippen LogP contribution < -0.4 is 11.0 Å². The molecule has 29 heavy (non-hydrogen) atoms. The normalized spacial score (nSPS) is 11.2. The number of hydrogen-bond acceptors (Lipinski definition) is 5. The molecule has 5 rings (SSSR count). The van der Waals surface area contributed by atoms with E-state index in [4.69, 9.17) is 0 Å². The lowest BCUT2D eigenvalue weighted by Crippen LogP contribution is -2.32. The van der Waals surface area contributed by atoms with Crippen LogP contribution in [0.1, 0.15) is 15.4 Å². The summed E-state index contributed by atoms with van der Waals surface area (Å²) in [5.74, 6) is -0.371. The van der Waals surface area contributed by atoms with E-state index in [1.165, 1.54) is 17.7 Å². The van der Waals surface area contributed by atoms with E-state index in [1.807, 2.05) is 48.0 Å². The van der Waals surface area contributed by atoms with E-state index < -0.39 is 0 Å². The Morgan fingerprint density at radius 3 is 2.62 bits per heavy atom. The van der Waals surface area contributed by atoms with Gasteiger partial charge in [-0.25, -0.2) is 14.3 Å². The lowest BCUT2D eigenvalue weighted by atomic mass is 10.2. The van der Waals surface area contributed by atoms with Crippen molar-refractivity contribution in [1.29, 1.82) is 0 Å². The number of fused-ring (bicyclic) bond motifs is 2. The topological polar surface area (TPSA) is 81.8 Å². The molecule has 8 heteroatoms. The molecule has 2 aromatic carbocycles. The van der Waals surface area contributed by atoms with Crippen LogP contribution in [0, 0.1) is 6.92 Å². The molecule has 0 unspecified atom stereocenters. The van der Waals surface area contributed by atoms with Crippen molar-refractivity contribution < 1.29 is 4.79 Å². The van der Waals surface area contributed by atoms with E-state index >= 15 is 0 Å². The van der Waals surface area contributed by atoms with Crippen LogP contribution in [-0.4, -0.2) is 25.3 Å². The van der Waals surface area contributed by atoms with Gasteiger partial charge in [0.15, 0.2) is 0 Å². The minimum Gasteiger partial charge on any atom is -0.267 e. The van der Waals surface area contributed by atoms with E-state index in [0.717, 1.165) is 26.3 Å². The fourth-order valence-electron chi connectivity index (χ4n) is 3.22. The summed E-state index contributed by atoms with van der Waals surface area (Å²) in [5.41, 5.74) is 4.66. The quantitative estimate of drug-likeness (QED) is 0.502. The Morgan fingerprint density at radius 1 is 1.03 bits per heavy atom. The van der Waals surface area contributed by atoms with E-state index in [2.05, 4.69) is 15.5 Å². The van der Waals surface area contributed by atoms with Gasteiger partial charge < -0.3 is 0 Å². The van der Waals surface area contributed by atoms with Crippen molar-refractivity contribution in [3.8, 4) is 5.69 Å². The lowest BCUT2D eigenvalue weighted by molar-refractivity contribution is 0.101. The maximum atomic E-state index is 12.8. The van der Waals surface area contributed by atoms with Gasteiger partial charge in [-0.05, 0) is 37.3 Å². The Labute approximate surface area is 168 Å². The number of aryl methyl sites for hydroxylation is 1. The van der Waals surface area contributed by atoms with Gasteiger partial charge in [0, 0.05) is 5.39 Å². The number of carbonyl (C=O) groups excluding carboxylic acids is 1. The smallest absolute Gasteiger partial charge is 0.267 e. The number of para-hydroxylation sites is 2. The van der Waals surface area contributed by atoms with Crippen LogP contribution in [0.3, 0.4) is 0 Å². The molecule has 0 radical (unpaired) electrons. The molecule has 0 atom stereocenters. The summed E-state index contributed by atoms with van der Waals surface area (Å²) < 4.78 is 2.95. The van der Waals surface area contributed by atoms with Crippen molar-refractivity contribution >= 4 is 38.4 Å². The zero-order chi connectivity index (χ0) is 20.0. The van der Waals surface area contributed by atoms with Crippen molar-refractivity contribution in [2.24, 2.45) is 0 Å². The molecular weight excluding hydrogens is 386 g/mol. The van der Waals surface area contributed by atoms with Crippen LogP contribution in [0.2, 0.25) is 0 Å². The lowest BCUT2D eigenvalue weighted by Gasteiger charge is -2.07. The largest absolute Gasteiger partial charge is 0.280 e. The molecule has 5 aromatic rings. The summed E-state index contributed by atoms with van der Waals surface area (Å²) in [6.45, 7) is 1.91. The first-order valence-electron chi connectivity index (χ1n) is 8.94. The Bertz CT molecular complexity index is 1430. The van der Waals surface area contributed by atoms with E-state index in [0.29, 0.717) is 15.8 Å². The molecule has 7 nitrogen and oxygen atoms in total. The molecule has 3 aromatic heterocycles. The zero-order valence-electron chi connectivity index (χ0n) is 15.4. The minimum absolute atomic E-state index is 0.322. The number of amides is 1. The first-order valence-corrected chi connectivity index (χ1v) is 9.76. The van der Waals surface area contributed by atoms with E-state index in [9.17, 15) is 9.59 Å². The molecule has 1 amide bonds. The van der Waals surface area contributed by atoms with E-state index in [1.54, 1.807) is 24.3 Å². The molecule has 1 N–H and O–H groups in total. The number of nitrogens with zero attached hydrogens (tertiary/aromatic N) is 4. The second-order valence-corrected chi connectivity index (χ2v) is 7.57. The van der Waals surface area contributed by atoms with Gasteiger partial charge in [0.05, 0.1) is 27.2 Å². The van der Waals surface area contributed by atoms with Gasteiger partial charge in [-0.15, -0.1) is 11.3 Å². The van der Waals surface area contributed by atoms with Gasteiger partial charge in [-0.2, -0.15) is 5.10 Å². The van der Waals surface area contributed by atoms with Gasteiger partial charge in [-0.1, -0.05) is 30.3 Å². The van der Waals surface area contributed by atoms with Crippen LogP contribution in [-0.2, 0) is 0 Å². The highest BCUT2D eigenvalue weighted by atomic mass is 32.1. The molecule has 0 spiro atoms. The maximum absolute atomic E-state index is 12.8. The van der Waals surface area contributed by atoms with Crippen LogP contribution in [0.4, 0.5) is 0 Å². The Balaban J connectivity index is 1.52. The van der Waals surface area contributed by atoms with Crippen LogP contribution in [0.25, 0.3) is 26.8 Å². The van der Waals surface area contributed by atoms with Crippen molar-refractivity contribution in [3.05, 3.63) is 87.9 Å². The third-order valence-electron chi connectivity index (χ3n) is 4.66. The second kappa shape index (κ2) is 6.68. The monoisotopic (exact) mass is 401 g/mol. The van der Waals surface area contributed by atoms with Gasteiger partial charge >= 0.3 is 0 Å². The molecular formula is C21H15N5O2S. The van der Waals surface area contributed by atoms with Crippen LogP contribution >= 0.6 is 11.3 Å². The third kappa shape index (κ3) is 2.90. The highest BCUT2D eigenvalue weighted by Gasteiger charge is 2.18. The summed E-state index contributed by atoms with van der Waals surface area (Å²) in [5, 5.41) is 5.94. The van der Waals surface area contributed by atoms with Crippen molar-refractivity contribution in [2.75, 3.05) is 5.43 Å². The SMILES string of the molecule is Cc1nn(-c2ccccc2)c2sc(C(=O)Nn3cnc4ccccc4c3=O)cc12. The fourth-order valence-corrected chi connectivity index (χ4v) is 4.29. The van der Waals surface area contributed by atoms with Gasteiger partial charge in [0.1, 0.15) is 11.2 Å². The van der Waals surface area contributed by atoms with Crippen molar-refractivity contribution in [2.45, 2.75) is 6.92 Å². The number of aromatic nitrogens is 4.